The normalized spacial score (nSPS) is 17.0. The van der Waals surface area contributed by atoms with E-state index in [1.165, 1.54) is 17.7 Å². The zero-order valence-corrected chi connectivity index (χ0v) is 16.3. The van der Waals surface area contributed by atoms with Crippen molar-refractivity contribution < 1.29 is 22.7 Å². The van der Waals surface area contributed by atoms with Gasteiger partial charge in [0.1, 0.15) is 5.75 Å². The van der Waals surface area contributed by atoms with Crippen molar-refractivity contribution in [3.05, 3.63) is 65.7 Å². The molecule has 1 heterocycles. The molecule has 0 saturated carbocycles. The van der Waals surface area contributed by atoms with Crippen LogP contribution in [0.4, 0.5) is 13.2 Å². The quantitative estimate of drug-likeness (QED) is 0.772. The number of piperidine rings is 1. The molecule has 156 valence electrons. The molecule has 0 spiro atoms. The van der Waals surface area contributed by atoms with E-state index in [2.05, 4.69) is 29.3 Å². The Morgan fingerprint density at radius 3 is 2.31 bits per heavy atom. The number of halogens is 3. The van der Waals surface area contributed by atoms with Crippen molar-refractivity contribution in [3.63, 3.8) is 0 Å². The van der Waals surface area contributed by atoms with Gasteiger partial charge >= 0.3 is 6.18 Å². The van der Waals surface area contributed by atoms with Crippen LogP contribution in [0.3, 0.4) is 0 Å². The van der Waals surface area contributed by atoms with Crippen LogP contribution in [0.15, 0.2) is 54.6 Å². The summed E-state index contributed by atoms with van der Waals surface area (Å²) >= 11 is 0. The lowest BCUT2D eigenvalue weighted by Crippen LogP contribution is -2.46. The highest BCUT2D eigenvalue weighted by Gasteiger charge is 2.30. The number of hydrogen-bond donors (Lipinski definition) is 1. The summed E-state index contributed by atoms with van der Waals surface area (Å²) in [7, 11) is 0. The van der Waals surface area contributed by atoms with Gasteiger partial charge in [-0.2, -0.15) is 13.2 Å². The van der Waals surface area contributed by atoms with Crippen molar-refractivity contribution in [1.29, 1.82) is 0 Å². The van der Waals surface area contributed by atoms with E-state index in [4.69, 9.17) is 4.74 Å². The minimum absolute atomic E-state index is 0.0814. The molecule has 3 rings (SSSR count). The summed E-state index contributed by atoms with van der Waals surface area (Å²) in [6.07, 6.45) is -2.69. The molecule has 1 atom stereocenters. The summed E-state index contributed by atoms with van der Waals surface area (Å²) in [5.74, 6) is -0.0286. The standard InChI is InChI=1S/C22H25F3N2O2/c1-16(17-5-3-2-4-6-17)27-13-11-19(12-14-27)26-21(28)15-29-20-9-7-18(8-10-20)22(23,24)25/h2-10,16,19H,11-15H2,1H3,(H,26,28)/t16-/m1/s1. The second kappa shape index (κ2) is 9.31. The van der Waals surface area contributed by atoms with Crippen molar-refractivity contribution in [2.24, 2.45) is 0 Å². The number of ether oxygens (including phenoxy) is 1. The van der Waals surface area contributed by atoms with Crippen LogP contribution < -0.4 is 10.1 Å². The third-order valence-corrected chi connectivity index (χ3v) is 5.28. The Hall–Kier alpha value is -2.54. The summed E-state index contributed by atoms with van der Waals surface area (Å²) in [4.78, 5) is 14.5. The minimum atomic E-state index is -4.39. The average Bonchev–Trinajstić information content (AvgIpc) is 2.72. The van der Waals surface area contributed by atoms with Gasteiger partial charge in [-0.25, -0.2) is 0 Å². The maximum atomic E-state index is 12.6. The van der Waals surface area contributed by atoms with E-state index < -0.39 is 11.7 Å². The van der Waals surface area contributed by atoms with Crippen molar-refractivity contribution in [2.75, 3.05) is 19.7 Å². The van der Waals surface area contributed by atoms with Crippen LogP contribution in [-0.4, -0.2) is 36.5 Å². The molecule has 1 aliphatic rings. The predicted octanol–water partition coefficient (Wildman–Crippen LogP) is 4.43. The number of nitrogens with zero attached hydrogens (tertiary/aromatic N) is 1. The number of carbonyl (C=O) groups is 1. The molecule has 1 aliphatic heterocycles. The summed E-state index contributed by atoms with van der Waals surface area (Å²) in [6, 6.07) is 15.1. The van der Waals surface area contributed by atoms with E-state index in [0.717, 1.165) is 38.1 Å². The van der Waals surface area contributed by atoms with Crippen LogP contribution in [0.5, 0.6) is 5.75 Å². The molecule has 2 aromatic rings. The van der Waals surface area contributed by atoms with E-state index in [0.29, 0.717) is 6.04 Å². The summed E-state index contributed by atoms with van der Waals surface area (Å²) < 4.78 is 43.0. The molecule has 1 saturated heterocycles. The zero-order valence-electron chi connectivity index (χ0n) is 16.3. The molecule has 0 unspecified atom stereocenters. The monoisotopic (exact) mass is 406 g/mol. The summed E-state index contributed by atoms with van der Waals surface area (Å²) in [6.45, 7) is 3.75. The highest BCUT2D eigenvalue weighted by molar-refractivity contribution is 5.77. The van der Waals surface area contributed by atoms with Gasteiger partial charge in [-0.15, -0.1) is 0 Å². The van der Waals surface area contributed by atoms with Gasteiger partial charge in [-0.1, -0.05) is 30.3 Å². The molecular formula is C22H25F3N2O2. The third-order valence-electron chi connectivity index (χ3n) is 5.28. The Labute approximate surface area is 168 Å². The largest absolute Gasteiger partial charge is 0.484 e. The molecule has 29 heavy (non-hydrogen) atoms. The lowest BCUT2D eigenvalue weighted by molar-refractivity contribution is -0.137. The smallest absolute Gasteiger partial charge is 0.416 e. The van der Waals surface area contributed by atoms with Gasteiger partial charge in [0.05, 0.1) is 5.56 Å². The first-order valence-corrected chi connectivity index (χ1v) is 9.71. The number of rotatable bonds is 6. The van der Waals surface area contributed by atoms with Crippen LogP contribution in [0.1, 0.15) is 36.9 Å². The van der Waals surface area contributed by atoms with E-state index in [1.807, 2.05) is 18.2 Å². The minimum Gasteiger partial charge on any atom is -0.484 e. The molecule has 1 amide bonds. The molecule has 1 fully saturated rings. The van der Waals surface area contributed by atoms with E-state index >= 15 is 0 Å². The molecule has 7 heteroatoms. The van der Waals surface area contributed by atoms with Gasteiger partial charge < -0.3 is 10.1 Å². The Kier molecular flexibility index (Phi) is 6.79. The Morgan fingerprint density at radius 2 is 1.72 bits per heavy atom. The van der Waals surface area contributed by atoms with Gasteiger partial charge in [-0.3, -0.25) is 9.69 Å². The number of likely N-dealkylation sites (tertiary alicyclic amines) is 1. The van der Waals surface area contributed by atoms with E-state index in [-0.39, 0.29) is 24.3 Å². The topological polar surface area (TPSA) is 41.6 Å². The first-order valence-electron chi connectivity index (χ1n) is 9.71. The fourth-order valence-electron chi connectivity index (χ4n) is 3.53. The maximum absolute atomic E-state index is 12.6. The molecule has 0 aliphatic carbocycles. The molecule has 0 aromatic heterocycles. The van der Waals surface area contributed by atoms with Crippen molar-refractivity contribution in [1.82, 2.24) is 10.2 Å². The Balaban J connectivity index is 1.41. The van der Waals surface area contributed by atoms with E-state index in [9.17, 15) is 18.0 Å². The van der Waals surface area contributed by atoms with Gasteiger partial charge in [0, 0.05) is 25.2 Å². The van der Waals surface area contributed by atoms with E-state index in [1.54, 1.807) is 0 Å². The summed E-state index contributed by atoms with van der Waals surface area (Å²) in [5, 5.41) is 2.95. The number of alkyl halides is 3. The Bertz CT molecular complexity index is 786. The number of amides is 1. The fraction of sp³-hybridized carbons (Fsp3) is 0.409. The second-order valence-electron chi connectivity index (χ2n) is 7.28. The lowest BCUT2D eigenvalue weighted by atomic mass is 10.00. The molecule has 2 aromatic carbocycles. The third kappa shape index (κ3) is 5.97. The number of benzene rings is 2. The van der Waals surface area contributed by atoms with Crippen LogP contribution in [-0.2, 0) is 11.0 Å². The van der Waals surface area contributed by atoms with Crippen LogP contribution in [0.2, 0.25) is 0 Å². The SMILES string of the molecule is C[C@H](c1ccccc1)N1CCC(NC(=O)COc2ccc(C(F)(F)F)cc2)CC1. The molecule has 0 bridgehead atoms. The van der Waals surface area contributed by atoms with Gasteiger partial charge in [0.2, 0.25) is 0 Å². The first kappa shape index (κ1) is 21.2. The highest BCUT2D eigenvalue weighted by Crippen LogP contribution is 2.30. The average molecular weight is 406 g/mol. The molecule has 0 radical (unpaired) electrons. The number of hydrogen-bond acceptors (Lipinski definition) is 3. The first-order chi connectivity index (χ1) is 13.8. The van der Waals surface area contributed by atoms with Gasteiger partial charge in [0.15, 0.2) is 6.61 Å². The number of nitrogens with one attached hydrogen (secondary N) is 1. The lowest BCUT2D eigenvalue weighted by Gasteiger charge is -2.36. The zero-order chi connectivity index (χ0) is 20.9. The van der Waals surface area contributed by atoms with Crippen LogP contribution in [0.25, 0.3) is 0 Å². The van der Waals surface area contributed by atoms with Crippen molar-refractivity contribution in [2.45, 2.75) is 38.0 Å². The molecule has 4 nitrogen and oxygen atoms in total. The van der Waals surface area contributed by atoms with Gasteiger partial charge in [-0.05, 0) is 49.6 Å². The van der Waals surface area contributed by atoms with Gasteiger partial charge in [0.25, 0.3) is 5.91 Å². The van der Waals surface area contributed by atoms with Crippen LogP contribution in [0, 0.1) is 0 Å². The maximum Gasteiger partial charge on any atom is 0.416 e. The van der Waals surface area contributed by atoms with Crippen molar-refractivity contribution in [3.8, 4) is 5.75 Å². The fourth-order valence-corrected chi connectivity index (χ4v) is 3.53. The predicted molar refractivity (Wildman–Crippen MR) is 105 cm³/mol. The Morgan fingerprint density at radius 1 is 1.10 bits per heavy atom. The highest BCUT2D eigenvalue weighted by atomic mass is 19.4. The summed E-state index contributed by atoms with van der Waals surface area (Å²) in [5.41, 5.74) is 0.533. The van der Waals surface area contributed by atoms with Crippen LogP contribution >= 0.6 is 0 Å². The molecular weight excluding hydrogens is 381 g/mol. The second-order valence-corrected chi connectivity index (χ2v) is 7.28. The number of carbonyl (C=O) groups excluding carboxylic acids is 1. The van der Waals surface area contributed by atoms with Crippen molar-refractivity contribution >= 4 is 5.91 Å². The molecule has 1 N–H and O–H groups in total.